The molecule has 4 aromatic carbocycles. The molecule has 0 radical (unpaired) electrons. The van der Waals surface area contributed by atoms with Crippen LogP contribution in [0.2, 0.25) is 0 Å². The molecule has 50 heavy (non-hydrogen) atoms. The molecular formula is C40H42N4O6. The number of hydrogen-bond acceptors (Lipinski definition) is 7. The van der Waals surface area contributed by atoms with Crippen LogP contribution in [0.25, 0.3) is 11.0 Å². The van der Waals surface area contributed by atoms with Crippen LogP contribution in [0.15, 0.2) is 102 Å². The second-order valence-electron chi connectivity index (χ2n) is 13.3. The number of fused-ring (bicyclic) bond motifs is 1. The average Bonchev–Trinajstić information content (AvgIpc) is 3.47. The lowest BCUT2D eigenvalue weighted by atomic mass is 9.98. The molecule has 5 aromatic rings. The molecule has 0 spiro atoms. The number of benzene rings is 4. The smallest absolute Gasteiger partial charge is 0.326 e. The quantitative estimate of drug-likeness (QED) is 0.153. The van der Waals surface area contributed by atoms with Gasteiger partial charge < -0.3 is 29.8 Å². The van der Waals surface area contributed by atoms with Crippen molar-refractivity contribution < 1.29 is 24.2 Å². The van der Waals surface area contributed by atoms with Crippen molar-refractivity contribution in [3.05, 3.63) is 135 Å². The van der Waals surface area contributed by atoms with Crippen molar-refractivity contribution in [1.29, 1.82) is 0 Å². The third kappa shape index (κ3) is 7.64. The number of aromatic amines is 1. The SMILES string of the molecule is CC(=O)c1cccc(NC(=O)Cc2ccc(C3OC(CN4CCC(n5c(=O)[nH]c6ccccc65)CC4)CC(c4ccc(CO)cc4)O3)cc2)c1. The summed E-state index contributed by atoms with van der Waals surface area (Å²) in [6, 6.07) is 30.5. The van der Waals surface area contributed by atoms with Crippen LogP contribution < -0.4 is 11.0 Å². The van der Waals surface area contributed by atoms with E-state index in [0.717, 1.165) is 65.8 Å². The minimum atomic E-state index is -0.601. The predicted octanol–water partition coefficient (Wildman–Crippen LogP) is 6.09. The van der Waals surface area contributed by atoms with E-state index in [1.165, 1.54) is 6.92 Å². The second kappa shape index (κ2) is 14.9. The molecule has 3 unspecified atom stereocenters. The van der Waals surface area contributed by atoms with Crippen molar-refractivity contribution in [2.24, 2.45) is 0 Å². The summed E-state index contributed by atoms with van der Waals surface area (Å²) >= 11 is 0. The van der Waals surface area contributed by atoms with E-state index in [9.17, 15) is 19.5 Å². The molecule has 10 nitrogen and oxygen atoms in total. The first-order chi connectivity index (χ1) is 24.3. The van der Waals surface area contributed by atoms with E-state index < -0.39 is 6.29 Å². The zero-order chi connectivity index (χ0) is 34.6. The highest BCUT2D eigenvalue weighted by atomic mass is 16.7. The molecule has 1 amide bonds. The lowest BCUT2D eigenvalue weighted by Gasteiger charge is -2.40. The van der Waals surface area contributed by atoms with E-state index in [-0.39, 0.29) is 48.7 Å². The van der Waals surface area contributed by atoms with Crippen molar-refractivity contribution in [1.82, 2.24) is 14.5 Å². The highest BCUT2D eigenvalue weighted by molar-refractivity contribution is 5.97. The number of aromatic nitrogens is 2. The molecule has 2 aliphatic heterocycles. The number of aliphatic hydroxyl groups is 1. The molecule has 2 fully saturated rings. The third-order valence-electron chi connectivity index (χ3n) is 9.79. The number of Topliss-reactive ketones (excluding diaryl/α,β-unsaturated/α-hetero) is 1. The topological polar surface area (TPSA) is 126 Å². The Morgan fingerprint density at radius 2 is 1.60 bits per heavy atom. The third-order valence-corrected chi connectivity index (χ3v) is 9.79. The molecule has 10 heteroatoms. The molecule has 0 aliphatic carbocycles. The number of aliphatic hydroxyl groups excluding tert-OH is 1. The number of carbonyl (C=O) groups is 2. The molecule has 2 saturated heterocycles. The van der Waals surface area contributed by atoms with Crippen molar-refractivity contribution in [3.8, 4) is 0 Å². The summed E-state index contributed by atoms with van der Waals surface area (Å²) in [5.74, 6) is -0.229. The number of H-pyrrole nitrogens is 1. The van der Waals surface area contributed by atoms with E-state index in [4.69, 9.17) is 9.47 Å². The number of anilines is 1. The molecule has 0 bridgehead atoms. The lowest BCUT2D eigenvalue weighted by Crippen LogP contribution is -2.43. The number of hydrogen-bond donors (Lipinski definition) is 3. The molecular weight excluding hydrogens is 632 g/mol. The van der Waals surface area contributed by atoms with Crippen molar-refractivity contribution in [2.75, 3.05) is 25.0 Å². The van der Waals surface area contributed by atoms with Crippen LogP contribution in [0, 0.1) is 0 Å². The lowest BCUT2D eigenvalue weighted by molar-refractivity contribution is -0.253. The average molecular weight is 675 g/mol. The summed E-state index contributed by atoms with van der Waals surface area (Å²) in [7, 11) is 0. The van der Waals surface area contributed by atoms with Gasteiger partial charge in [-0.15, -0.1) is 0 Å². The van der Waals surface area contributed by atoms with Crippen LogP contribution in [0.3, 0.4) is 0 Å². The van der Waals surface area contributed by atoms with Crippen LogP contribution in [0.1, 0.15) is 77.2 Å². The van der Waals surface area contributed by atoms with Crippen LogP contribution in [0.5, 0.6) is 0 Å². The maximum Gasteiger partial charge on any atom is 0.326 e. The molecule has 0 saturated carbocycles. The van der Waals surface area contributed by atoms with Gasteiger partial charge in [0.2, 0.25) is 5.91 Å². The van der Waals surface area contributed by atoms with Gasteiger partial charge >= 0.3 is 5.69 Å². The fraction of sp³-hybridized carbons (Fsp3) is 0.325. The predicted molar refractivity (Wildman–Crippen MR) is 191 cm³/mol. The highest BCUT2D eigenvalue weighted by Crippen LogP contribution is 2.39. The number of ketones is 1. The van der Waals surface area contributed by atoms with Crippen LogP contribution in [-0.4, -0.2) is 57.0 Å². The van der Waals surface area contributed by atoms with E-state index in [2.05, 4.69) is 15.2 Å². The van der Waals surface area contributed by atoms with Gasteiger partial charge in [-0.1, -0.05) is 72.8 Å². The monoisotopic (exact) mass is 674 g/mol. The maximum absolute atomic E-state index is 12.8. The van der Waals surface area contributed by atoms with Gasteiger partial charge in [-0.25, -0.2) is 4.79 Å². The molecule has 3 N–H and O–H groups in total. The van der Waals surface area contributed by atoms with E-state index >= 15 is 0 Å². The number of piperidine rings is 1. The first kappa shape index (κ1) is 33.6. The van der Waals surface area contributed by atoms with Gasteiger partial charge in [-0.2, -0.15) is 0 Å². The zero-order valence-corrected chi connectivity index (χ0v) is 28.1. The van der Waals surface area contributed by atoms with E-state index in [0.29, 0.717) is 17.7 Å². The number of para-hydroxylation sites is 2. The van der Waals surface area contributed by atoms with Gasteiger partial charge in [0.15, 0.2) is 12.1 Å². The summed E-state index contributed by atoms with van der Waals surface area (Å²) in [4.78, 5) is 42.8. The van der Waals surface area contributed by atoms with Gasteiger partial charge in [0.1, 0.15) is 0 Å². The second-order valence-corrected chi connectivity index (χ2v) is 13.3. The van der Waals surface area contributed by atoms with Crippen LogP contribution in [0.4, 0.5) is 5.69 Å². The van der Waals surface area contributed by atoms with Crippen molar-refractivity contribution in [3.63, 3.8) is 0 Å². The van der Waals surface area contributed by atoms with Gasteiger partial charge in [-0.05, 0) is 60.7 Å². The fourth-order valence-corrected chi connectivity index (χ4v) is 7.12. The number of imidazole rings is 1. The Hall–Kier alpha value is -4.87. The number of nitrogens with zero attached hydrogens (tertiary/aromatic N) is 2. The Kier molecular flexibility index (Phi) is 10.0. The maximum atomic E-state index is 12.8. The number of likely N-dealkylation sites (tertiary alicyclic amines) is 1. The number of ether oxygens (including phenoxy) is 2. The van der Waals surface area contributed by atoms with Crippen molar-refractivity contribution >= 4 is 28.4 Å². The Morgan fingerprint density at radius 1 is 0.880 bits per heavy atom. The number of carbonyl (C=O) groups excluding carboxylic acids is 2. The number of amides is 1. The fourth-order valence-electron chi connectivity index (χ4n) is 7.12. The first-order valence-corrected chi connectivity index (χ1v) is 17.2. The highest BCUT2D eigenvalue weighted by Gasteiger charge is 2.34. The summed E-state index contributed by atoms with van der Waals surface area (Å²) in [6.45, 7) is 3.93. The zero-order valence-electron chi connectivity index (χ0n) is 28.1. The van der Waals surface area contributed by atoms with E-state index in [1.807, 2.05) is 77.4 Å². The Balaban J connectivity index is 1.02. The molecule has 258 valence electrons. The molecule has 2 aliphatic rings. The van der Waals surface area contributed by atoms with Gasteiger partial charge in [0, 0.05) is 48.9 Å². The Morgan fingerprint density at radius 3 is 2.34 bits per heavy atom. The minimum Gasteiger partial charge on any atom is -0.392 e. The molecule has 3 heterocycles. The Labute approximate surface area is 290 Å². The number of nitrogens with one attached hydrogen (secondary N) is 2. The van der Waals surface area contributed by atoms with Crippen LogP contribution >= 0.6 is 0 Å². The van der Waals surface area contributed by atoms with Gasteiger partial charge in [0.05, 0.1) is 36.3 Å². The van der Waals surface area contributed by atoms with Crippen molar-refractivity contribution in [2.45, 2.75) is 63.8 Å². The van der Waals surface area contributed by atoms with Crippen LogP contribution in [-0.2, 0) is 27.3 Å². The normalized spacial score (nSPS) is 20.2. The summed E-state index contributed by atoms with van der Waals surface area (Å²) in [6.07, 6.45) is 1.70. The molecule has 7 rings (SSSR count). The Bertz CT molecular complexity index is 2010. The minimum absolute atomic E-state index is 0.0179. The van der Waals surface area contributed by atoms with Gasteiger partial charge in [-0.3, -0.25) is 14.2 Å². The summed E-state index contributed by atoms with van der Waals surface area (Å²) in [5.41, 5.74) is 6.48. The first-order valence-electron chi connectivity index (χ1n) is 17.2. The molecule has 3 atom stereocenters. The number of rotatable bonds is 10. The summed E-state index contributed by atoms with van der Waals surface area (Å²) in [5, 5.41) is 12.4. The standard InChI is InChI=1S/C40H42N4O6/c1-26(46)31-5-4-6-32(22-31)41-38(47)21-27-9-15-30(16-10-27)39-49-34(23-37(50-39)29-13-11-28(25-45)12-14-29)24-43-19-17-33(18-20-43)44-36-8-3-2-7-35(36)42-40(44)48/h2-16,22,33-34,37,39,45H,17-21,23-25H2,1H3,(H,41,47)(H,42,48). The van der Waals surface area contributed by atoms with E-state index in [1.54, 1.807) is 24.3 Å². The van der Waals surface area contributed by atoms with Gasteiger partial charge in [0.25, 0.3) is 0 Å². The molecule has 1 aromatic heterocycles. The largest absolute Gasteiger partial charge is 0.392 e. The summed E-state index contributed by atoms with van der Waals surface area (Å²) < 4.78 is 15.1.